The number of anilines is 3. The summed E-state index contributed by atoms with van der Waals surface area (Å²) in [6.07, 6.45) is 4.62. The van der Waals surface area contributed by atoms with Gasteiger partial charge in [0.1, 0.15) is 18.2 Å². The van der Waals surface area contributed by atoms with Gasteiger partial charge in [-0.2, -0.15) is 10.1 Å². The van der Waals surface area contributed by atoms with Crippen molar-refractivity contribution in [1.82, 2.24) is 25.1 Å². The number of nitrogens with zero attached hydrogens (tertiary/aromatic N) is 4. The molecule has 0 fully saturated rings. The van der Waals surface area contributed by atoms with Gasteiger partial charge in [-0.3, -0.25) is 9.48 Å². The average Bonchev–Trinajstić information content (AvgIpc) is 3.13. The zero-order valence-electron chi connectivity index (χ0n) is 15.6. The lowest BCUT2D eigenvalue weighted by Gasteiger charge is -2.11. The molecule has 3 N–H and O–H groups in total. The molecule has 3 rings (SSSR count). The van der Waals surface area contributed by atoms with Gasteiger partial charge < -0.3 is 16.0 Å². The summed E-state index contributed by atoms with van der Waals surface area (Å²) < 4.78 is 42.4. The van der Waals surface area contributed by atoms with E-state index in [4.69, 9.17) is 0 Å². The lowest BCUT2D eigenvalue weighted by atomic mass is 10.2. The minimum Gasteiger partial charge on any atom is -0.365 e. The van der Waals surface area contributed by atoms with E-state index in [2.05, 4.69) is 31.0 Å². The molecule has 0 aliphatic carbocycles. The van der Waals surface area contributed by atoms with Gasteiger partial charge >= 0.3 is 0 Å². The van der Waals surface area contributed by atoms with Crippen molar-refractivity contribution < 1.29 is 18.0 Å². The Hall–Kier alpha value is -3.63. The molecule has 0 unspecified atom stereocenters. The van der Waals surface area contributed by atoms with Gasteiger partial charge in [-0.1, -0.05) is 0 Å². The molecule has 8 nitrogen and oxygen atoms in total. The number of aromatic nitrogens is 4. The first-order valence-electron chi connectivity index (χ1n) is 8.57. The Morgan fingerprint density at radius 3 is 2.69 bits per heavy atom. The van der Waals surface area contributed by atoms with Gasteiger partial charge in [0.25, 0.3) is 0 Å². The monoisotopic (exact) mass is 405 g/mol. The summed E-state index contributed by atoms with van der Waals surface area (Å²) in [6, 6.07) is 1.60. The fourth-order valence-electron chi connectivity index (χ4n) is 2.45. The van der Waals surface area contributed by atoms with E-state index in [0.717, 1.165) is 12.1 Å². The molecule has 11 heteroatoms. The Balaban J connectivity index is 1.72. The molecule has 1 aromatic carbocycles. The minimum atomic E-state index is -1.24. The van der Waals surface area contributed by atoms with Crippen LogP contribution in [-0.4, -0.2) is 32.7 Å². The molecule has 1 amide bonds. The zero-order valence-corrected chi connectivity index (χ0v) is 15.6. The highest BCUT2D eigenvalue weighted by atomic mass is 19.2. The van der Waals surface area contributed by atoms with Crippen molar-refractivity contribution in [2.45, 2.75) is 20.0 Å². The van der Waals surface area contributed by atoms with Gasteiger partial charge in [0.05, 0.1) is 11.9 Å². The summed E-state index contributed by atoms with van der Waals surface area (Å²) in [5.41, 5.74) is 0.752. The van der Waals surface area contributed by atoms with E-state index in [-0.39, 0.29) is 24.9 Å². The molecule has 0 radical (unpaired) electrons. The molecular formula is C18H18F3N7O. The van der Waals surface area contributed by atoms with E-state index in [1.807, 2.05) is 0 Å². The molecule has 0 atom stereocenters. The number of carbonyl (C=O) groups is 1. The number of nitrogens with one attached hydrogen (secondary N) is 3. The molecule has 2 aromatic heterocycles. The quantitative estimate of drug-likeness (QED) is 0.523. The molecule has 0 bridgehead atoms. The molecule has 0 spiro atoms. The van der Waals surface area contributed by atoms with Gasteiger partial charge in [-0.15, -0.1) is 0 Å². The summed E-state index contributed by atoms with van der Waals surface area (Å²) in [4.78, 5) is 19.8. The van der Waals surface area contributed by atoms with Crippen LogP contribution in [0.15, 0.2) is 30.7 Å². The number of likely N-dealkylation sites (N-methyl/N-ethyl adjacent to an activating group) is 1. The third kappa shape index (κ3) is 4.81. The number of hydrogen-bond acceptors (Lipinski definition) is 6. The second kappa shape index (κ2) is 8.59. The molecule has 3 aromatic rings. The third-order valence-electron chi connectivity index (χ3n) is 4.02. The van der Waals surface area contributed by atoms with E-state index < -0.39 is 23.0 Å². The van der Waals surface area contributed by atoms with Crippen LogP contribution in [0.1, 0.15) is 11.1 Å². The molecule has 29 heavy (non-hydrogen) atoms. The second-order valence-corrected chi connectivity index (χ2v) is 6.13. The highest BCUT2D eigenvalue weighted by molar-refractivity contribution is 5.75. The van der Waals surface area contributed by atoms with Crippen molar-refractivity contribution in [2.24, 2.45) is 0 Å². The Morgan fingerprint density at radius 1 is 1.17 bits per heavy atom. The zero-order chi connectivity index (χ0) is 21.0. The van der Waals surface area contributed by atoms with Crippen molar-refractivity contribution in [3.8, 4) is 0 Å². The van der Waals surface area contributed by atoms with E-state index >= 15 is 0 Å². The summed E-state index contributed by atoms with van der Waals surface area (Å²) in [5.74, 6) is -2.90. The predicted molar refractivity (Wildman–Crippen MR) is 100.0 cm³/mol. The number of hydrogen-bond donors (Lipinski definition) is 3. The number of aryl methyl sites for hydroxylation is 1. The Bertz CT molecular complexity index is 1040. The first kappa shape index (κ1) is 20.1. The molecule has 0 saturated heterocycles. The second-order valence-electron chi connectivity index (χ2n) is 6.13. The van der Waals surface area contributed by atoms with Crippen LogP contribution in [0.5, 0.6) is 0 Å². The first-order chi connectivity index (χ1) is 13.9. The number of amides is 1. The lowest BCUT2D eigenvalue weighted by Crippen LogP contribution is -2.23. The van der Waals surface area contributed by atoms with Crippen LogP contribution in [0.25, 0.3) is 0 Å². The van der Waals surface area contributed by atoms with Crippen LogP contribution in [0.3, 0.4) is 0 Å². The smallest absolute Gasteiger partial charge is 0.241 e. The first-order valence-corrected chi connectivity index (χ1v) is 8.57. The normalized spacial score (nSPS) is 10.7. The standard InChI is InChI=1S/C18H18F3N7O/c1-10-5-24-18(26-11-6-25-28(8-11)9-15(29)22-2)27-17(10)23-7-12-13(19)3-4-14(20)16(12)21/h3-6,8H,7,9H2,1-2H3,(H,22,29)(H2,23,24,26,27). The van der Waals surface area contributed by atoms with Crippen LogP contribution in [0.4, 0.5) is 30.6 Å². The number of carbonyl (C=O) groups excluding carboxylic acids is 1. The van der Waals surface area contributed by atoms with Crippen molar-refractivity contribution in [3.63, 3.8) is 0 Å². The van der Waals surface area contributed by atoms with Crippen LogP contribution in [0.2, 0.25) is 0 Å². The lowest BCUT2D eigenvalue weighted by molar-refractivity contribution is -0.121. The number of rotatable bonds is 7. The van der Waals surface area contributed by atoms with E-state index in [1.54, 1.807) is 13.1 Å². The van der Waals surface area contributed by atoms with Gasteiger partial charge in [-0.05, 0) is 19.1 Å². The Kier molecular flexibility index (Phi) is 5.96. The van der Waals surface area contributed by atoms with Crippen molar-refractivity contribution >= 4 is 23.4 Å². The van der Waals surface area contributed by atoms with Gasteiger partial charge in [0, 0.05) is 37.1 Å². The summed E-state index contributed by atoms with van der Waals surface area (Å²) in [7, 11) is 1.53. The number of benzene rings is 1. The van der Waals surface area contributed by atoms with Gasteiger partial charge in [0.15, 0.2) is 11.6 Å². The Labute approximate surface area is 164 Å². The molecule has 0 aliphatic rings. The molecule has 2 heterocycles. The van der Waals surface area contributed by atoms with E-state index in [1.165, 1.54) is 24.1 Å². The third-order valence-corrected chi connectivity index (χ3v) is 4.02. The topological polar surface area (TPSA) is 96.8 Å². The van der Waals surface area contributed by atoms with Crippen LogP contribution < -0.4 is 16.0 Å². The maximum absolute atomic E-state index is 13.8. The highest BCUT2D eigenvalue weighted by Gasteiger charge is 2.14. The van der Waals surface area contributed by atoms with Crippen molar-refractivity contribution in [3.05, 3.63) is 59.3 Å². The van der Waals surface area contributed by atoms with Crippen LogP contribution in [0, 0.1) is 24.4 Å². The van der Waals surface area contributed by atoms with Gasteiger partial charge in [-0.25, -0.2) is 18.2 Å². The van der Waals surface area contributed by atoms with Crippen molar-refractivity contribution in [2.75, 3.05) is 17.7 Å². The molecule has 0 aliphatic heterocycles. The SMILES string of the molecule is CNC(=O)Cn1cc(Nc2ncc(C)c(NCc3c(F)ccc(F)c3F)n2)cn1. The Morgan fingerprint density at radius 2 is 1.93 bits per heavy atom. The highest BCUT2D eigenvalue weighted by Crippen LogP contribution is 2.20. The maximum Gasteiger partial charge on any atom is 0.241 e. The van der Waals surface area contributed by atoms with Gasteiger partial charge in [0.2, 0.25) is 11.9 Å². The fraction of sp³-hybridized carbons (Fsp3) is 0.222. The molecule has 0 saturated carbocycles. The summed E-state index contributed by atoms with van der Waals surface area (Å²) in [5, 5.41) is 12.3. The average molecular weight is 405 g/mol. The fourth-order valence-corrected chi connectivity index (χ4v) is 2.45. The van der Waals surface area contributed by atoms with E-state index in [0.29, 0.717) is 17.1 Å². The van der Waals surface area contributed by atoms with E-state index in [9.17, 15) is 18.0 Å². The maximum atomic E-state index is 13.8. The largest absolute Gasteiger partial charge is 0.365 e. The molecule has 152 valence electrons. The number of halogens is 3. The molecular weight excluding hydrogens is 387 g/mol. The summed E-state index contributed by atoms with van der Waals surface area (Å²) >= 11 is 0. The summed E-state index contributed by atoms with van der Waals surface area (Å²) in [6.45, 7) is 1.48. The van der Waals surface area contributed by atoms with Crippen LogP contribution >= 0.6 is 0 Å². The van der Waals surface area contributed by atoms with Crippen LogP contribution in [-0.2, 0) is 17.9 Å². The van der Waals surface area contributed by atoms with Crippen molar-refractivity contribution in [1.29, 1.82) is 0 Å². The predicted octanol–water partition coefficient (Wildman–Crippen LogP) is 2.50. The minimum absolute atomic E-state index is 0.0600.